The van der Waals surface area contributed by atoms with Crippen LogP contribution in [0.4, 0.5) is 5.69 Å². The highest BCUT2D eigenvalue weighted by Gasteiger charge is 2.03. The number of nitrogens with zero attached hydrogens (tertiary/aromatic N) is 2. The minimum Gasteiger partial charge on any atom is -0.328 e. The first-order chi connectivity index (χ1) is 7.42. The van der Waals surface area contributed by atoms with Gasteiger partial charge >= 0.3 is 0 Å². The minimum atomic E-state index is 0.655. The molecule has 1 aromatic heterocycles. The lowest BCUT2D eigenvalue weighted by Crippen LogP contribution is -1.96. The molecule has 0 aliphatic carbocycles. The Kier molecular flexibility index (Phi) is 2.69. The van der Waals surface area contributed by atoms with Crippen molar-refractivity contribution < 1.29 is 4.79 Å². The van der Waals surface area contributed by atoms with Crippen LogP contribution in [0.1, 0.15) is 0 Å². The number of nitrogens with one attached hydrogen (secondary N) is 1. The molecule has 2 aromatic rings. The van der Waals surface area contributed by atoms with Crippen molar-refractivity contribution in [3.63, 3.8) is 0 Å². The summed E-state index contributed by atoms with van der Waals surface area (Å²) in [7, 11) is 0. The van der Waals surface area contributed by atoms with E-state index in [2.05, 4.69) is 15.3 Å². The fourth-order valence-corrected chi connectivity index (χ4v) is 1.36. The van der Waals surface area contributed by atoms with Gasteiger partial charge in [-0.05, 0) is 6.07 Å². The maximum Gasteiger partial charge on any atom is 0.211 e. The molecule has 1 N–H and O–H groups in total. The summed E-state index contributed by atoms with van der Waals surface area (Å²) in [5.41, 5.74) is 2.54. The molecular formula is C11H9N3O. The van der Waals surface area contributed by atoms with Crippen LogP contribution in [0.3, 0.4) is 0 Å². The molecule has 1 aromatic carbocycles. The Morgan fingerprint density at radius 2 is 1.87 bits per heavy atom. The zero-order chi connectivity index (χ0) is 10.5. The van der Waals surface area contributed by atoms with Crippen LogP contribution in [0.2, 0.25) is 0 Å². The Bertz CT molecular complexity index is 456. The van der Waals surface area contributed by atoms with E-state index in [1.807, 2.05) is 24.3 Å². The quantitative estimate of drug-likeness (QED) is 0.765. The second-order valence-corrected chi connectivity index (χ2v) is 2.93. The molecule has 0 aliphatic rings. The highest BCUT2D eigenvalue weighted by molar-refractivity contribution is 5.84. The van der Waals surface area contributed by atoms with Crippen LogP contribution >= 0.6 is 0 Å². The molecule has 4 nitrogen and oxygen atoms in total. The van der Waals surface area contributed by atoms with Gasteiger partial charge < -0.3 is 5.32 Å². The molecule has 74 valence electrons. The molecule has 0 unspecified atom stereocenters. The van der Waals surface area contributed by atoms with Crippen LogP contribution in [0, 0.1) is 0 Å². The number of hydrogen-bond donors (Lipinski definition) is 1. The van der Waals surface area contributed by atoms with E-state index in [4.69, 9.17) is 0 Å². The van der Waals surface area contributed by atoms with Gasteiger partial charge in [-0.25, -0.2) is 9.97 Å². The third-order valence-corrected chi connectivity index (χ3v) is 2.01. The van der Waals surface area contributed by atoms with Gasteiger partial charge in [0.2, 0.25) is 6.41 Å². The van der Waals surface area contributed by atoms with Crippen molar-refractivity contribution in [2.75, 3.05) is 5.32 Å². The predicted molar refractivity (Wildman–Crippen MR) is 57.2 cm³/mol. The van der Waals surface area contributed by atoms with Gasteiger partial charge in [-0.15, -0.1) is 0 Å². The number of hydrogen-bond acceptors (Lipinski definition) is 3. The zero-order valence-electron chi connectivity index (χ0n) is 7.92. The average molecular weight is 199 g/mol. The second kappa shape index (κ2) is 4.32. The first kappa shape index (κ1) is 9.33. The molecule has 0 spiro atoms. The Morgan fingerprint density at radius 1 is 1.13 bits per heavy atom. The van der Waals surface area contributed by atoms with Gasteiger partial charge in [-0.1, -0.05) is 18.2 Å². The lowest BCUT2D eigenvalue weighted by molar-refractivity contribution is -0.105. The van der Waals surface area contributed by atoms with Gasteiger partial charge in [0, 0.05) is 29.2 Å². The maximum absolute atomic E-state index is 10.4. The Morgan fingerprint density at radius 3 is 2.60 bits per heavy atom. The smallest absolute Gasteiger partial charge is 0.211 e. The van der Waals surface area contributed by atoms with E-state index >= 15 is 0 Å². The summed E-state index contributed by atoms with van der Waals surface area (Å²) in [4.78, 5) is 18.3. The van der Waals surface area contributed by atoms with Crippen LogP contribution in [0.15, 0.2) is 43.0 Å². The summed E-state index contributed by atoms with van der Waals surface area (Å²) in [6.07, 6.45) is 5.54. The van der Waals surface area contributed by atoms with Crippen molar-refractivity contribution >= 4 is 12.1 Å². The predicted octanol–water partition coefficient (Wildman–Crippen LogP) is 1.71. The van der Waals surface area contributed by atoms with Crippen LogP contribution < -0.4 is 5.32 Å². The van der Waals surface area contributed by atoms with Crippen molar-refractivity contribution in [3.05, 3.63) is 43.0 Å². The van der Waals surface area contributed by atoms with E-state index in [-0.39, 0.29) is 0 Å². The molecule has 0 fully saturated rings. The lowest BCUT2D eigenvalue weighted by atomic mass is 10.1. The molecule has 0 saturated heterocycles. The fraction of sp³-hybridized carbons (Fsp3) is 0. The number of benzene rings is 1. The number of para-hydroxylation sites is 1. The van der Waals surface area contributed by atoms with E-state index in [1.165, 1.54) is 6.33 Å². The monoisotopic (exact) mass is 199 g/mol. The van der Waals surface area contributed by atoms with Gasteiger partial charge in [0.25, 0.3) is 0 Å². The maximum atomic E-state index is 10.4. The van der Waals surface area contributed by atoms with E-state index in [9.17, 15) is 4.79 Å². The Hall–Kier alpha value is -2.23. The van der Waals surface area contributed by atoms with Gasteiger partial charge in [0.05, 0.1) is 0 Å². The number of carbonyl (C=O) groups is 1. The molecule has 1 heterocycles. The summed E-state index contributed by atoms with van der Waals surface area (Å²) in [6.45, 7) is 0. The van der Waals surface area contributed by atoms with Gasteiger partial charge in [-0.3, -0.25) is 4.79 Å². The SMILES string of the molecule is O=CNc1ccccc1-c1cncnc1. The van der Waals surface area contributed by atoms with E-state index in [0.29, 0.717) is 6.41 Å². The number of amides is 1. The third-order valence-electron chi connectivity index (χ3n) is 2.01. The van der Waals surface area contributed by atoms with E-state index in [1.54, 1.807) is 12.4 Å². The van der Waals surface area contributed by atoms with Gasteiger partial charge in [-0.2, -0.15) is 0 Å². The molecule has 0 atom stereocenters. The van der Waals surface area contributed by atoms with Crippen LogP contribution in [0.5, 0.6) is 0 Å². The molecular weight excluding hydrogens is 190 g/mol. The zero-order valence-corrected chi connectivity index (χ0v) is 7.92. The molecule has 4 heteroatoms. The largest absolute Gasteiger partial charge is 0.328 e. The highest BCUT2D eigenvalue weighted by Crippen LogP contribution is 2.25. The summed E-state index contributed by atoms with van der Waals surface area (Å²) < 4.78 is 0. The summed E-state index contributed by atoms with van der Waals surface area (Å²) in [5, 5.41) is 2.64. The van der Waals surface area contributed by atoms with Crippen LogP contribution in [-0.4, -0.2) is 16.4 Å². The summed E-state index contributed by atoms with van der Waals surface area (Å²) in [5.74, 6) is 0. The topological polar surface area (TPSA) is 54.9 Å². The second-order valence-electron chi connectivity index (χ2n) is 2.93. The number of rotatable bonds is 3. The van der Waals surface area contributed by atoms with E-state index < -0.39 is 0 Å². The fourth-order valence-electron chi connectivity index (χ4n) is 1.36. The van der Waals surface area contributed by atoms with Crippen molar-refractivity contribution in [2.45, 2.75) is 0 Å². The Labute approximate surface area is 87.0 Å². The average Bonchev–Trinajstić information content (AvgIpc) is 2.31. The molecule has 0 bridgehead atoms. The first-order valence-electron chi connectivity index (χ1n) is 4.46. The van der Waals surface area contributed by atoms with Crippen molar-refractivity contribution in [1.82, 2.24) is 9.97 Å². The van der Waals surface area contributed by atoms with Crippen LogP contribution in [-0.2, 0) is 4.79 Å². The highest BCUT2D eigenvalue weighted by atomic mass is 16.1. The molecule has 15 heavy (non-hydrogen) atoms. The number of carbonyl (C=O) groups excluding carboxylic acids is 1. The Balaban J connectivity index is 2.48. The number of aromatic nitrogens is 2. The molecule has 0 aliphatic heterocycles. The van der Waals surface area contributed by atoms with Crippen molar-refractivity contribution in [3.8, 4) is 11.1 Å². The van der Waals surface area contributed by atoms with E-state index in [0.717, 1.165) is 16.8 Å². The molecule has 0 radical (unpaired) electrons. The third kappa shape index (κ3) is 1.99. The van der Waals surface area contributed by atoms with Crippen LogP contribution in [0.25, 0.3) is 11.1 Å². The van der Waals surface area contributed by atoms with Gasteiger partial charge in [0.15, 0.2) is 0 Å². The molecule has 2 rings (SSSR count). The molecule has 0 saturated carbocycles. The van der Waals surface area contributed by atoms with Crippen molar-refractivity contribution in [1.29, 1.82) is 0 Å². The minimum absolute atomic E-state index is 0.655. The summed E-state index contributed by atoms with van der Waals surface area (Å²) in [6, 6.07) is 7.50. The first-order valence-corrected chi connectivity index (χ1v) is 4.46. The lowest BCUT2D eigenvalue weighted by Gasteiger charge is -2.06. The summed E-state index contributed by atoms with van der Waals surface area (Å²) >= 11 is 0. The van der Waals surface area contributed by atoms with Crippen molar-refractivity contribution in [2.24, 2.45) is 0 Å². The normalized spacial score (nSPS) is 9.60. The number of anilines is 1. The standard InChI is InChI=1S/C11H9N3O/c15-8-14-11-4-2-1-3-10(11)9-5-12-7-13-6-9/h1-8H,(H,14,15). The van der Waals surface area contributed by atoms with Gasteiger partial charge in [0.1, 0.15) is 6.33 Å². The molecule has 1 amide bonds.